The van der Waals surface area contributed by atoms with E-state index in [0.717, 1.165) is 17.0 Å². The monoisotopic (exact) mass is 443 g/mol. The Balaban J connectivity index is 1.48. The molecule has 0 saturated carbocycles. The fourth-order valence-electron chi connectivity index (χ4n) is 3.68. The molecule has 1 N–H and O–H groups in total. The number of hydrogen-bond donors (Lipinski definition) is 1. The summed E-state index contributed by atoms with van der Waals surface area (Å²) in [6.45, 7) is 7.35. The van der Waals surface area contributed by atoms with Crippen molar-refractivity contribution in [3.63, 3.8) is 0 Å². The highest BCUT2D eigenvalue weighted by atomic mass is 32.2. The van der Waals surface area contributed by atoms with E-state index >= 15 is 0 Å². The van der Waals surface area contributed by atoms with Crippen molar-refractivity contribution in [2.45, 2.75) is 32.2 Å². The second-order valence-electron chi connectivity index (χ2n) is 7.58. The van der Waals surface area contributed by atoms with Gasteiger partial charge in [0.2, 0.25) is 10.0 Å². The molecule has 1 aliphatic heterocycles. The number of fused-ring (bicyclic) bond motifs is 1. The number of hydrogen-bond acceptors (Lipinski definition) is 6. The quantitative estimate of drug-likeness (QED) is 0.642. The topological polar surface area (TPSA) is 106 Å². The molecule has 0 atom stereocenters. The van der Waals surface area contributed by atoms with Gasteiger partial charge in [-0.05, 0) is 44.5 Å². The van der Waals surface area contributed by atoms with Crippen LogP contribution in [-0.2, 0) is 21.3 Å². The van der Waals surface area contributed by atoms with E-state index in [2.05, 4.69) is 15.4 Å². The number of nitrogens with zero attached hydrogens (tertiary/aromatic N) is 4. The number of ether oxygens (including phenoxy) is 1. The van der Waals surface area contributed by atoms with Crippen molar-refractivity contribution in [3.8, 4) is 0 Å². The summed E-state index contributed by atoms with van der Waals surface area (Å²) >= 11 is 0. The van der Waals surface area contributed by atoms with Gasteiger partial charge in [0.25, 0.3) is 5.91 Å². The summed E-state index contributed by atoms with van der Waals surface area (Å²) in [5.74, 6) is -0.269. The van der Waals surface area contributed by atoms with Crippen molar-refractivity contribution in [2.75, 3.05) is 26.3 Å². The molecule has 0 aliphatic carbocycles. The van der Waals surface area contributed by atoms with Crippen molar-refractivity contribution >= 4 is 21.6 Å². The molecule has 9 nitrogen and oxygen atoms in total. The van der Waals surface area contributed by atoms with Gasteiger partial charge < -0.3 is 10.1 Å². The maximum atomic E-state index is 12.9. The molecule has 0 radical (unpaired) electrons. The predicted octanol–water partition coefficient (Wildman–Crippen LogP) is 1.61. The largest absolute Gasteiger partial charge is 0.379 e. The van der Waals surface area contributed by atoms with Crippen LogP contribution in [0.25, 0.3) is 5.65 Å². The van der Waals surface area contributed by atoms with Gasteiger partial charge in [-0.1, -0.05) is 12.1 Å². The molecule has 3 aromatic rings. The average Bonchev–Trinajstić information content (AvgIpc) is 3.09. The lowest BCUT2D eigenvalue weighted by Crippen LogP contribution is -2.40. The van der Waals surface area contributed by atoms with Crippen molar-refractivity contribution in [1.82, 2.24) is 24.2 Å². The van der Waals surface area contributed by atoms with Crippen molar-refractivity contribution < 1.29 is 17.9 Å². The van der Waals surface area contributed by atoms with Crippen LogP contribution >= 0.6 is 0 Å². The molecular weight excluding hydrogens is 418 g/mol. The number of benzene rings is 1. The lowest BCUT2D eigenvalue weighted by atomic mass is 10.2. The van der Waals surface area contributed by atoms with Crippen LogP contribution in [0.4, 0.5) is 0 Å². The molecule has 1 saturated heterocycles. The summed E-state index contributed by atoms with van der Waals surface area (Å²) in [7, 11) is -3.54. The Morgan fingerprint density at radius 2 is 1.81 bits per heavy atom. The first-order chi connectivity index (χ1) is 14.8. The molecule has 1 aliphatic rings. The highest BCUT2D eigenvalue weighted by molar-refractivity contribution is 7.89. The summed E-state index contributed by atoms with van der Waals surface area (Å²) < 4.78 is 33.8. The Bertz CT molecular complexity index is 1230. The Morgan fingerprint density at radius 1 is 1.13 bits per heavy atom. The third-order valence-electron chi connectivity index (χ3n) is 5.28. The van der Waals surface area contributed by atoms with Crippen LogP contribution in [0.3, 0.4) is 0 Å². The molecule has 3 heterocycles. The predicted molar refractivity (Wildman–Crippen MR) is 114 cm³/mol. The minimum atomic E-state index is -3.54. The fourth-order valence-corrected chi connectivity index (χ4v) is 5.09. The first-order valence-corrected chi connectivity index (χ1v) is 11.5. The standard InChI is InChI=1S/C21H25N5O4S/c1-14-12-15(2)26-20(23-14)19(16(3)24-26)21(27)22-13-17-4-6-18(7-5-17)31(28,29)25-8-10-30-11-9-25/h4-7,12H,8-11,13H2,1-3H3,(H,22,27). The Morgan fingerprint density at radius 3 is 2.48 bits per heavy atom. The van der Waals surface area contributed by atoms with Crippen LogP contribution in [0.5, 0.6) is 0 Å². The summed E-state index contributed by atoms with van der Waals surface area (Å²) in [5.41, 5.74) is 4.09. The summed E-state index contributed by atoms with van der Waals surface area (Å²) in [4.78, 5) is 17.6. The van der Waals surface area contributed by atoms with Crippen LogP contribution in [0.2, 0.25) is 0 Å². The zero-order valence-electron chi connectivity index (χ0n) is 17.8. The summed E-state index contributed by atoms with van der Waals surface area (Å²) in [6.07, 6.45) is 0. The van der Waals surface area contributed by atoms with E-state index in [-0.39, 0.29) is 17.3 Å². The van der Waals surface area contributed by atoms with Gasteiger partial charge in [0.05, 0.1) is 23.8 Å². The van der Waals surface area contributed by atoms with Gasteiger partial charge in [0.15, 0.2) is 5.65 Å². The highest BCUT2D eigenvalue weighted by Crippen LogP contribution is 2.19. The molecule has 4 rings (SSSR count). The minimum Gasteiger partial charge on any atom is -0.379 e. The van der Waals surface area contributed by atoms with Gasteiger partial charge in [0.1, 0.15) is 5.56 Å². The zero-order chi connectivity index (χ0) is 22.2. The molecule has 0 unspecified atom stereocenters. The molecule has 1 aromatic carbocycles. The van der Waals surface area contributed by atoms with E-state index in [1.807, 2.05) is 19.9 Å². The molecule has 10 heteroatoms. The van der Waals surface area contributed by atoms with Gasteiger partial charge in [-0.15, -0.1) is 0 Å². The fraction of sp³-hybridized carbons (Fsp3) is 0.381. The van der Waals surface area contributed by atoms with Crippen LogP contribution in [0, 0.1) is 20.8 Å². The first-order valence-electron chi connectivity index (χ1n) is 10.1. The second kappa shape index (κ2) is 8.37. The number of sulfonamides is 1. The molecule has 31 heavy (non-hydrogen) atoms. The third-order valence-corrected chi connectivity index (χ3v) is 7.19. The molecule has 1 amide bonds. The molecule has 2 aromatic heterocycles. The van der Waals surface area contributed by atoms with E-state index in [1.54, 1.807) is 35.7 Å². The first kappa shape index (κ1) is 21.4. The van der Waals surface area contributed by atoms with Crippen LogP contribution in [0.1, 0.15) is 33.0 Å². The summed E-state index contributed by atoms with van der Waals surface area (Å²) in [6, 6.07) is 8.47. The van der Waals surface area contributed by atoms with Gasteiger partial charge in [-0.25, -0.2) is 17.9 Å². The van der Waals surface area contributed by atoms with Crippen molar-refractivity contribution in [2.24, 2.45) is 0 Å². The van der Waals surface area contributed by atoms with Crippen molar-refractivity contribution in [3.05, 3.63) is 58.5 Å². The number of carbonyl (C=O) groups is 1. The van der Waals surface area contributed by atoms with Gasteiger partial charge in [-0.3, -0.25) is 4.79 Å². The summed E-state index contributed by atoms with van der Waals surface area (Å²) in [5, 5.41) is 7.31. The van der Waals surface area contributed by atoms with Gasteiger partial charge in [0, 0.05) is 31.0 Å². The molecule has 0 bridgehead atoms. The second-order valence-corrected chi connectivity index (χ2v) is 9.52. The van der Waals surface area contributed by atoms with Gasteiger partial charge >= 0.3 is 0 Å². The Kier molecular flexibility index (Phi) is 5.78. The number of aromatic nitrogens is 3. The molecule has 1 fully saturated rings. The van der Waals surface area contributed by atoms with Crippen LogP contribution in [-0.4, -0.2) is 59.5 Å². The van der Waals surface area contributed by atoms with Crippen LogP contribution in [0.15, 0.2) is 35.2 Å². The van der Waals surface area contributed by atoms with Gasteiger partial charge in [-0.2, -0.15) is 9.40 Å². The molecule has 164 valence electrons. The van der Waals surface area contributed by atoms with Crippen molar-refractivity contribution in [1.29, 1.82) is 0 Å². The average molecular weight is 444 g/mol. The number of rotatable bonds is 5. The number of amides is 1. The van der Waals surface area contributed by atoms with E-state index in [9.17, 15) is 13.2 Å². The molecule has 0 spiro atoms. The number of aryl methyl sites for hydroxylation is 3. The van der Waals surface area contributed by atoms with Crippen LogP contribution < -0.4 is 5.32 Å². The highest BCUT2D eigenvalue weighted by Gasteiger charge is 2.26. The van der Waals surface area contributed by atoms with E-state index in [4.69, 9.17) is 4.74 Å². The SMILES string of the molecule is Cc1cc(C)n2nc(C)c(C(=O)NCc3ccc(S(=O)(=O)N4CCOCC4)cc3)c2n1. The maximum absolute atomic E-state index is 12.9. The Labute approximate surface area is 181 Å². The lowest BCUT2D eigenvalue weighted by molar-refractivity contribution is 0.0730. The zero-order valence-corrected chi connectivity index (χ0v) is 18.6. The minimum absolute atomic E-state index is 0.234. The van der Waals surface area contributed by atoms with E-state index in [1.165, 1.54) is 4.31 Å². The third kappa shape index (κ3) is 4.18. The number of morpholine rings is 1. The number of carbonyl (C=O) groups excluding carboxylic acids is 1. The van der Waals surface area contributed by atoms with E-state index in [0.29, 0.717) is 43.2 Å². The smallest absolute Gasteiger partial charge is 0.257 e. The molecular formula is C21H25N5O4S. The van der Waals surface area contributed by atoms with E-state index < -0.39 is 10.0 Å². The Hall–Kier alpha value is -2.82. The maximum Gasteiger partial charge on any atom is 0.257 e. The number of nitrogens with one attached hydrogen (secondary N) is 1. The normalized spacial score (nSPS) is 15.3. The lowest BCUT2D eigenvalue weighted by Gasteiger charge is -2.26.